The fraction of sp³-hybridized carbons (Fsp3) is 0.176. The van der Waals surface area contributed by atoms with E-state index in [0.717, 1.165) is 25.3 Å². The molecular weight excluding hydrogens is 377 g/mol. The predicted octanol–water partition coefficient (Wildman–Crippen LogP) is 2.66. The van der Waals surface area contributed by atoms with Gasteiger partial charge in [-0.15, -0.1) is 22.7 Å². The average molecular weight is 392 g/mol. The number of benzene rings is 1. The van der Waals surface area contributed by atoms with Crippen molar-refractivity contribution in [3.8, 4) is 0 Å². The summed E-state index contributed by atoms with van der Waals surface area (Å²) in [6.45, 7) is 2.55. The smallest absolute Gasteiger partial charge is 0.271 e. The third-order valence-corrected chi connectivity index (χ3v) is 7.10. The molecule has 1 aliphatic rings. The maximum absolute atomic E-state index is 13.5. The lowest BCUT2D eigenvalue weighted by atomic mass is 10.3. The molecule has 0 amide bonds. The molecule has 1 aliphatic heterocycles. The van der Waals surface area contributed by atoms with Crippen LogP contribution in [0.4, 0.5) is 10.1 Å². The van der Waals surface area contributed by atoms with Gasteiger partial charge in [0.1, 0.15) is 25.0 Å². The minimum absolute atomic E-state index is 0.0158. The van der Waals surface area contributed by atoms with Crippen molar-refractivity contribution in [2.24, 2.45) is 0 Å². The van der Waals surface area contributed by atoms with Gasteiger partial charge in [0.2, 0.25) is 0 Å². The Labute approximate surface area is 155 Å². The van der Waals surface area contributed by atoms with Gasteiger partial charge in [-0.3, -0.25) is 9.36 Å². The quantitative estimate of drug-likeness (QED) is 0.673. The molecule has 0 saturated heterocycles. The summed E-state index contributed by atoms with van der Waals surface area (Å²) in [5.74, 6) is -0.268. The minimum Gasteiger partial charge on any atom is -0.337 e. The Kier molecular flexibility index (Phi) is 4.26. The minimum atomic E-state index is -0.268. The van der Waals surface area contributed by atoms with E-state index in [1.165, 1.54) is 46.6 Å². The second-order valence-corrected chi connectivity index (χ2v) is 8.40. The molecule has 0 aliphatic carbocycles. The Bertz CT molecular complexity index is 1120. The third-order valence-electron chi connectivity index (χ3n) is 3.92. The molecule has 8 heteroatoms. The molecular formula is C17H14FN3OS3. The van der Waals surface area contributed by atoms with Crippen LogP contribution in [0.5, 0.6) is 0 Å². The van der Waals surface area contributed by atoms with Crippen molar-refractivity contribution in [2.75, 3.05) is 11.9 Å². The highest BCUT2D eigenvalue weighted by Crippen LogP contribution is 2.45. The van der Waals surface area contributed by atoms with Crippen molar-refractivity contribution in [3.05, 3.63) is 60.1 Å². The lowest BCUT2D eigenvalue weighted by Crippen LogP contribution is -2.33. The van der Waals surface area contributed by atoms with Crippen LogP contribution in [0.2, 0.25) is 0 Å². The summed E-state index contributed by atoms with van der Waals surface area (Å²) in [4.78, 5) is 20.0. The zero-order valence-electron chi connectivity index (χ0n) is 13.5. The fourth-order valence-electron chi connectivity index (χ4n) is 2.71. The van der Waals surface area contributed by atoms with Crippen molar-refractivity contribution < 1.29 is 4.39 Å². The van der Waals surface area contributed by atoms with E-state index in [-0.39, 0.29) is 11.4 Å². The van der Waals surface area contributed by atoms with Crippen LogP contribution < -0.4 is 19.7 Å². The number of anilines is 1. The highest BCUT2D eigenvalue weighted by atomic mass is 32.2. The summed E-state index contributed by atoms with van der Waals surface area (Å²) >= 11 is 4.43. The predicted molar refractivity (Wildman–Crippen MR) is 103 cm³/mol. The van der Waals surface area contributed by atoms with Gasteiger partial charge >= 0.3 is 0 Å². The number of rotatable bonds is 2. The van der Waals surface area contributed by atoms with Crippen molar-refractivity contribution in [1.82, 2.24) is 9.55 Å². The maximum Gasteiger partial charge on any atom is 0.271 e. The van der Waals surface area contributed by atoms with Crippen LogP contribution in [0.25, 0.3) is 11.1 Å². The zero-order valence-corrected chi connectivity index (χ0v) is 16.0. The molecule has 0 N–H and O–H groups in total. The number of aromatic nitrogens is 2. The Morgan fingerprint density at radius 1 is 1.36 bits per heavy atom. The molecule has 1 aromatic carbocycles. The fourth-order valence-corrected chi connectivity index (χ4v) is 5.82. The monoisotopic (exact) mass is 391 g/mol. The number of hydrogen-bond donors (Lipinski definition) is 0. The normalized spacial score (nSPS) is 16.6. The Balaban J connectivity index is 1.94. The number of thiazole rings is 2. The van der Waals surface area contributed by atoms with Gasteiger partial charge in [0, 0.05) is 36.1 Å². The highest BCUT2D eigenvalue weighted by molar-refractivity contribution is 8.08. The Morgan fingerprint density at radius 3 is 2.92 bits per heavy atom. The van der Waals surface area contributed by atoms with E-state index in [1.54, 1.807) is 16.8 Å². The van der Waals surface area contributed by atoms with Crippen LogP contribution in [0.15, 0.2) is 39.5 Å². The number of thioether (sulfide) groups is 1. The van der Waals surface area contributed by atoms with Crippen LogP contribution in [0.1, 0.15) is 11.9 Å². The van der Waals surface area contributed by atoms with Crippen LogP contribution in [0.3, 0.4) is 0 Å². The number of halogens is 1. The van der Waals surface area contributed by atoms with E-state index in [0.29, 0.717) is 11.1 Å². The van der Waals surface area contributed by atoms with E-state index >= 15 is 0 Å². The summed E-state index contributed by atoms with van der Waals surface area (Å²) in [5, 5.41) is 3.63. The van der Waals surface area contributed by atoms with E-state index in [1.807, 2.05) is 30.3 Å². The van der Waals surface area contributed by atoms with Gasteiger partial charge in [-0.2, -0.15) is 0 Å². The molecule has 0 spiro atoms. The molecule has 2 aromatic heterocycles. The summed E-state index contributed by atoms with van der Waals surface area (Å²) in [6, 6.07) is 4.70. The molecule has 128 valence electrons. The van der Waals surface area contributed by atoms with E-state index in [9.17, 15) is 9.18 Å². The standard InChI is InChI=1S/C17H14FN3OS3/c1-3-21-14(9-13-19-6-7-23-13)25-15(16(21)22)17-20(2)11-5-4-10(18)8-12(11)24-17/h4-9H,3H2,1-2H3/b14-9-,17-15+. The first-order chi connectivity index (χ1) is 12.1. The second-order valence-electron chi connectivity index (χ2n) is 5.41. The van der Waals surface area contributed by atoms with Crippen LogP contribution in [-0.4, -0.2) is 16.6 Å². The lowest BCUT2D eigenvalue weighted by molar-refractivity contribution is 0.624. The van der Waals surface area contributed by atoms with Crippen molar-refractivity contribution in [2.45, 2.75) is 18.4 Å². The summed E-state index contributed by atoms with van der Waals surface area (Å²) in [6.07, 6.45) is 3.69. The first-order valence-corrected chi connectivity index (χ1v) is 10.2. The largest absolute Gasteiger partial charge is 0.337 e. The number of nitrogens with zero attached hydrogens (tertiary/aromatic N) is 3. The van der Waals surface area contributed by atoms with Crippen molar-refractivity contribution >= 4 is 51.2 Å². The SMILES string of the molecule is CCn1c(=O)/c(=C2\Sc3cc(F)ccc3N2C)s/c1=C\c1nccs1. The van der Waals surface area contributed by atoms with E-state index in [2.05, 4.69) is 4.98 Å². The molecule has 4 nitrogen and oxygen atoms in total. The highest BCUT2D eigenvalue weighted by Gasteiger charge is 2.25. The van der Waals surface area contributed by atoms with Crippen LogP contribution in [-0.2, 0) is 6.54 Å². The molecule has 0 atom stereocenters. The molecule has 0 unspecified atom stereocenters. The third kappa shape index (κ3) is 2.84. The van der Waals surface area contributed by atoms with Gasteiger partial charge < -0.3 is 4.90 Å². The number of hydrogen-bond acceptors (Lipinski definition) is 6. The number of fused-ring (bicyclic) bond motifs is 1. The van der Waals surface area contributed by atoms with Gasteiger partial charge in [-0.25, -0.2) is 9.37 Å². The Morgan fingerprint density at radius 2 is 2.20 bits per heavy atom. The first-order valence-electron chi connectivity index (χ1n) is 7.64. The van der Waals surface area contributed by atoms with Gasteiger partial charge in [0.05, 0.1) is 5.69 Å². The van der Waals surface area contributed by atoms with Crippen LogP contribution >= 0.6 is 34.4 Å². The van der Waals surface area contributed by atoms with Gasteiger partial charge in [0.25, 0.3) is 5.56 Å². The van der Waals surface area contributed by atoms with Crippen molar-refractivity contribution in [3.63, 3.8) is 0 Å². The topological polar surface area (TPSA) is 38.1 Å². The van der Waals surface area contributed by atoms with Crippen LogP contribution in [0, 0.1) is 5.82 Å². The van der Waals surface area contributed by atoms with Gasteiger partial charge in [-0.05, 0) is 25.1 Å². The second kappa shape index (κ2) is 6.44. The van der Waals surface area contributed by atoms with Gasteiger partial charge in [-0.1, -0.05) is 11.8 Å². The molecule has 25 heavy (non-hydrogen) atoms. The first kappa shape index (κ1) is 16.6. The lowest BCUT2D eigenvalue weighted by Gasteiger charge is -2.12. The molecule has 0 bridgehead atoms. The van der Waals surface area contributed by atoms with Gasteiger partial charge in [0.15, 0.2) is 0 Å². The molecule has 3 aromatic rings. The molecule has 4 rings (SSSR count). The van der Waals surface area contributed by atoms with E-state index in [4.69, 9.17) is 0 Å². The van der Waals surface area contributed by atoms with E-state index < -0.39 is 0 Å². The van der Waals surface area contributed by atoms with Crippen molar-refractivity contribution in [1.29, 1.82) is 0 Å². The summed E-state index contributed by atoms with van der Waals surface area (Å²) in [7, 11) is 1.91. The summed E-state index contributed by atoms with van der Waals surface area (Å²) < 4.78 is 16.8. The maximum atomic E-state index is 13.5. The molecule has 0 radical (unpaired) electrons. The zero-order chi connectivity index (χ0) is 17.6. The summed E-state index contributed by atoms with van der Waals surface area (Å²) in [5.41, 5.74) is 0.903. The average Bonchev–Trinajstić information content (AvgIpc) is 3.27. The Hall–Kier alpha value is -1.90. The molecule has 3 heterocycles. The molecule has 0 saturated carbocycles. The molecule has 0 fully saturated rings.